The lowest BCUT2D eigenvalue weighted by Gasteiger charge is -2.27. The number of hydrogen-bond donors (Lipinski definition) is 2. The number of nitrogens with one attached hydrogen (secondary N) is 2. The van der Waals surface area contributed by atoms with E-state index in [-0.39, 0.29) is 0 Å². The number of anilines is 1. The van der Waals surface area contributed by atoms with Gasteiger partial charge in [0.15, 0.2) is 5.16 Å². The summed E-state index contributed by atoms with van der Waals surface area (Å²) < 4.78 is 7.39. The Hall–Kier alpha value is -2.59. The van der Waals surface area contributed by atoms with Crippen LogP contribution in [0, 0.1) is 0 Å². The van der Waals surface area contributed by atoms with E-state index in [1.165, 1.54) is 18.8 Å². The molecule has 1 aromatic heterocycles. The van der Waals surface area contributed by atoms with Gasteiger partial charge in [-0.25, -0.2) is 4.79 Å². The molecule has 0 spiro atoms. The van der Waals surface area contributed by atoms with Crippen LogP contribution in [0.2, 0.25) is 0 Å². The number of carbonyl (C=O) groups is 2. The number of hydrogen-bond acceptors (Lipinski definition) is 7. The predicted molar refractivity (Wildman–Crippen MR) is 106 cm³/mol. The van der Waals surface area contributed by atoms with Crippen LogP contribution in [-0.4, -0.2) is 60.1 Å². The molecule has 0 aliphatic carbocycles. The molecule has 1 saturated heterocycles. The monoisotopic (exact) mass is 404 g/mol. The smallest absolute Gasteiger partial charge is 0.321 e. The van der Waals surface area contributed by atoms with Gasteiger partial charge < -0.3 is 15.0 Å². The number of aromatic nitrogens is 3. The highest BCUT2D eigenvalue weighted by Crippen LogP contribution is 2.36. The fourth-order valence-corrected chi connectivity index (χ4v) is 3.98. The molecule has 0 radical (unpaired) electrons. The van der Waals surface area contributed by atoms with Gasteiger partial charge in [0.05, 0.1) is 13.2 Å². The third-order valence-electron chi connectivity index (χ3n) is 4.33. The number of morpholine rings is 1. The summed E-state index contributed by atoms with van der Waals surface area (Å²) in [5.74, 6) is 0.362. The molecule has 28 heavy (non-hydrogen) atoms. The first kappa shape index (κ1) is 20.2. The molecule has 0 unspecified atom stereocenters. The molecule has 1 aliphatic heterocycles. The molecule has 9 nitrogen and oxygen atoms in total. The number of carbonyl (C=O) groups excluding carboxylic acids is 2. The van der Waals surface area contributed by atoms with E-state index in [4.69, 9.17) is 4.74 Å². The summed E-state index contributed by atoms with van der Waals surface area (Å²) in [6.07, 6.45) is 0. The average molecular weight is 404 g/mol. The van der Waals surface area contributed by atoms with Crippen LogP contribution >= 0.6 is 11.8 Å². The molecule has 1 aromatic carbocycles. The van der Waals surface area contributed by atoms with Crippen LogP contribution in [0.25, 0.3) is 0 Å². The van der Waals surface area contributed by atoms with E-state index in [9.17, 15) is 9.59 Å². The lowest BCUT2D eigenvalue weighted by atomic mass is 10.1. The molecule has 1 aliphatic rings. The van der Waals surface area contributed by atoms with E-state index in [0.29, 0.717) is 24.9 Å². The van der Waals surface area contributed by atoms with Crippen LogP contribution in [0.1, 0.15) is 17.7 Å². The molecule has 3 amide bonds. The van der Waals surface area contributed by atoms with Gasteiger partial charge in [-0.15, -0.1) is 10.2 Å². The second kappa shape index (κ2) is 9.56. The Morgan fingerprint density at radius 1 is 1.21 bits per heavy atom. The normalized spacial score (nSPS) is 15.1. The summed E-state index contributed by atoms with van der Waals surface area (Å²) in [6, 6.07) is 8.78. The minimum Gasteiger partial charge on any atom is -0.378 e. The van der Waals surface area contributed by atoms with Crippen molar-refractivity contribution in [3.8, 4) is 0 Å². The highest BCUT2D eigenvalue weighted by molar-refractivity contribution is 8.00. The van der Waals surface area contributed by atoms with Gasteiger partial charge in [0.25, 0.3) is 0 Å². The van der Waals surface area contributed by atoms with E-state index >= 15 is 0 Å². The Bertz CT molecular complexity index is 807. The first-order valence-corrected chi connectivity index (χ1v) is 10.0. The highest BCUT2D eigenvalue weighted by atomic mass is 32.2. The number of thioether (sulfide) groups is 1. The van der Waals surface area contributed by atoms with Crippen molar-refractivity contribution in [2.75, 3.05) is 38.3 Å². The number of benzene rings is 1. The molecule has 2 N–H and O–H groups in total. The van der Waals surface area contributed by atoms with Gasteiger partial charge in [0, 0.05) is 26.7 Å². The molecule has 10 heteroatoms. The molecule has 0 saturated carbocycles. The van der Waals surface area contributed by atoms with Crippen LogP contribution in [0.5, 0.6) is 0 Å². The maximum absolute atomic E-state index is 12.7. The van der Waals surface area contributed by atoms with Gasteiger partial charge in [-0.2, -0.15) is 0 Å². The summed E-state index contributed by atoms with van der Waals surface area (Å²) in [6.45, 7) is 5.49. The number of rotatable bonds is 6. The maximum atomic E-state index is 12.7. The van der Waals surface area contributed by atoms with Crippen LogP contribution in [0.4, 0.5) is 10.7 Å². The second-order valence-electron chi connectivity index (χ2n) is 6.10. The van der Waals surface area contributed by atoms with Crippen molar-refractivity contribution in [2.24, 2.45) is 0 Å². The first-order valence-electron chi connectivity index (χ1n) is 9.14. The molecule has 1 atom stereocenters. The maximum Gasteiger partial charge on any atom is 0.321 e. The van der Waals surface area contributed by atoms with Crippen molar-refractivity contribution in [3.63, 3.8) is 0 Å². The first-order chi connectivity index (χ1) is 13.6. The number of amides is 3. The fraction of sp³-hybridized carbons (Fsp3) is 0.444. The number of urea groups is 1. The average Bonchev–Trinajstić information content (AvgIpc) is 3.15. The van der Waals surface area contributed by atoms with Crippen LogP contribution in [-0.2, 0) is 16.1 Å². The summed E-state index contributed by atoms with van der Waals surface area (Å²) in [5, 5.41) is 13.4. The Balaban J connectivity index is 1.87. The third-order valence-corrected chi connectivity index (χ3v) is 5.57. The van der Waals surface area contributed by atoms with Gasteiger partial charge in [-0.05, 0) is 12.5 Å². The van der Waals surface area contributed by atoms with Crippen LogP contribution < -0.4 is 15.5 Å². The van der Waals surface area contributed by atoms with Crippen molar-refractivity contribution in [2.45, 2.75) is 23.9 Å². The summed E-state index contributed by atoms with van der Waals surface area (Å²) >= 11 is 1.28. The van der Waals surface area contributed by atoms with Crippen molar-refractivity contribution < 1.29 is 14.3 Å². The lowest BCUT2D eigenvalue weighted by Crippen LogP contribution is -2.39. The SMILES string of the molecule is CCn1c(S[C@H](C(=O)NC(=O)NC)c2ccccc2)nnc1N1CCOCC1. The van der Waals surface area contributed by atoms with E-state index in [0.717, 1.165) is 24.6 Å². The van der Waals surface area contributed by atoms with E-state index in [2.05, 4.69) is 25.7 Å². The molecule has 3 rings (SSSR count). The number of nitrogens with zero attached hydrogens (tertiary/aromatic N) is 4. The zero-order valence-electron chi connectivity index (χ0n) is 15.9. The predicted octanol–water partition coefficient (Wildman–Crippen LogP) is 1.42. The summed E-state index contributed by atoms with van der Waals surface area (Å²) in [7, 11) is 1.47. The Morgan fingerprint density at radius 3 is 2.57 bits per heavy atom. The topological polar surface area (TPSA) is 101 Å². The van der Waals surface area contributed by atoms with E-state index in [1.807, 2.05) is 41.8 Å². The Morgan fingerprint density at radius 2 is 1.93 bits per heavy atom. The minimum atomic E-state index is -0.634. The summed E-state index contributed by atoms with van der Waals surface area (Å²) in [4.78, 5) is 26.5. The largest absolute Gasteiger partial charge is 0.378 e. The van der Waals surface area contributed by atoms with Gasteiger partial charge in [0.1, 0.15) is 5.25 Å². The number of ether oxygens (including phenoxy) is 1. The van der Waals surface area contributed by atoms with E-state index < -0.39 is 17.2 Å². The third kappa shape index (κ3) is 4.63. The molecule has 2 aromatic rings. The Kier molecular flexibility index (Phi) is 6.88. The quantitative estimate of drug-likeness (QED) is 0.702. The van der Waals surface area contributed by atoms with Gasteiger partial charge in [0.2, 0.25) is 11.9 Å². The minimum absolute atomic E-state index is 0.408. The van der Waals surface area contributed by atoms with Gasteiger partial charge in [-0.3, -0.25) is 14.7 Å². The van der Waals surface area contributed by atoms with E-state index in [1.54, 1.807) is 0 Å². The van der Waals surface area contributed by atoms with Crippen molar-refractivity contribution in [3.05, 3.63) is 35.9 Å². The zero-order chi connectivity index (χ0) is 19.9. The number of imide groups is 1. The van der Waals surface area contributed by atoms with Crippen LogP contribution in [0.15, 0.2) is 35.5 Å². The van der Waals surface area contributed by atoms with Gasteiger partial charge in [-0.1, -0.05) is 42.1 Å². The zero-order valence-corrected chi connectivity index (χ0v) is 16.7. The van der Waals surface area contributed by atoms with Gasteiger partial charge >= 0.3 is 6.03 Å². The van der Waals surface area contributed by atoms with Crippen molar-refractivity contribution in [1.82, 2.24) is 25.4 Å². The molecule has 1 fully saturated rings. The summed E-state index contributed by atoms with van der Waals surface area (Å²) in [5.41, 5.74) is 0.785. The van der Waals surface area contributed by atoms with Crippen LogP contribution in [0.3, 0.4) is 0 Å². The molecular weight excluding hydrogens is 380 g/mol. The molecular formula is C18H24N6O3S. The highest BCUT2D eigenvalue weighted by Gasteiger charge is 2.27. The fourth-order valence-electron chi connectivity index (χ4n) is 2.89. The second-order valence-corrected chi connectivity index (χ2v) is 7.18. The lowest BCUT2D eigenvalue weighted by molar-refractivity contribution is -0.119. The molecule has 2 heterocycles. The Labute approximate surface area is 167 Å². The molecule has 150 valence electrons. The molecule has 0 bridgehead atoms. The van der Waals surface area contributed by atoms with Crippen molar-refractivity contribution >= 4 is 29.6 Å². The standard InChI is InChI=1S/C18H24N6O3S/c1-3-24-17(23-9-11-27-12-10-23)21-22-18(24)28-14(13-7-5-4-6-8-13)15(25)20-16(26)19-2/h4-8,14H,3,9-12H2,1-2H3,(H2,19,20,25,26)/t14-/m0/s1. The van der Waals surface area contributed by atoms with Crippen molar-refractivity contribution in [1.29, 1.82) is 0 Å².